The van der Waals surface area contributed by atoms with E-state index in [0.29, 0.717) is 6.04 Å². The van der Waals surface area contributed by atoms with Gasteiger partial charge in [-0.15, -0.1) is 0 Å². The van der Waals surface area contributed by atoms with Crippen molar-refractivity contribution < 1.29 is 4.74 Å². The minimum atomic E-state index is 0.108. The molecule has 4 rings (SSSR count). The normalized spacial score (nSPS) is 22.8. The third kappa shape index (κ3) is 3.02. The van der Waals surface area contributed by atoms with Gasteiger partial charge in [-0.05, 0) is 45.6 Å². The van der Waals surface area contributed by atoms with Gasteiger partial charge in [0.15, 0.2) is 5.82 Å². The Bertz CT molecular complexity index is 720. The van der Waals surface area contributed by atoms with Crippen LogP contribution >= 0.6 is 0 Å². The van der Waals surface area contributed by atoms with Gasteiger partial charge in [-0.25, -0.2) is 9.67 Å². The molecule has 24 heavy (non-hydrogen) atoms. The van der Waals surface area contributed by atoms with Gasteiger partial charge in [0.1, 0.15) is 5.82 Å². The van der Waals surface area contributed by atoms with Crippen molar-refractivity contribution in [2.24, 2.45) is 0 Å². The van der Waals surface area contributed by atoms with Gasteiger partial charge in [-0.1, -0.05) is 12.8 Å². The predicted molar refractivity (Wildman–Crippen MR) is 92.4 cm³/mol. The average Bonchev–Trinajstić information content (AvgIpc) is 3.14. The van der Waals surface area contributed by atoms with Gasteiger partial charge in [0.05, 0.1) is 23.7 Å². The van der Waals surface area contributed by atoms with Crippen LogP contribution in [0.5, 0.6) is 0 Å². The first-order valence-electron chi connectivity index (χ1n) is 8.90. The number of rotatable bonds is 3. The summed E-state index contributed by atoms with van der Waals surface area (Å²) in [7, 11) is 0. The number of hydrogen-bond donors (Lipinski definition) is 1. The first-order chi connectivity index (χ1) is 11.6. The minimum absolute atomic E-state index is 0.108. The highest BCUT2D eigenvalue weighted by Crippen LogP contribution is 2.40. The largest absolute Gasteiger partial charge is 0.375 e. The summed E-state index contributed by atoms with van der Waals surface area (Å²) in [5, 5.41) is 8.07. The molecule has 0 bridgehead atoms. The maximum Gasteiger partial charge on any atom is 0.174 e. The van der Waals surface area contributed by atoms with Crippen molar-refractivity contribution in [1.29, 1.82) is 0 Å². The maximum absolute atomic E-state index is 6.12. The van der Waals surface area contributed by atoms with Crippen molar-refractivity contribution in [3.05, 3.63) is 29.8 Å². The second kappa shape index (κ2) is 6.16. The van der Waals surface area contributed by atoms with E-state index in [-0.39, 0.29) is 5.60 Å². The number of ether oxygens (including phenoxy) is 1. The van der Waals surface area contributed by atoms with Crippen LogP contribution in [0.2, 0.25) is 0 Å². The number of anilines is 1. The van der Waals surface area contributed by atoms with E-state index >= 15 is 0 Å². The van der Waals surface area contributed by atoms with Crippen LogP contribution in [0.3, 0.4) is 0 Å². The number of aryl methyl sites for hydroxylation is 2. The van der Waals surface area contributed by atoms with Gasteiger partial charge in [-0.2, -0.15) is 5.10 Å². The topological polar surface area (TPSA) is 64.9 Å². The third-order valence-corrected chi connectivity index (χ3v) is 5.21. The Morgan fingerprint density at radius 1 is 1.25 bits per heavy atom. The van der Waals surface area contributed by atoms with Crippen molar-refractivity contribution in [3.63, 3.8) is 0 Å². The summed E-state index contributed by atoms with van der Waals surface area (Å²) >= 11 is 0. The first-order valence-corrected chi connectivity index (χ1v) is 8.90. The fraction of sp³-hybridized carbons (Fsp3) is 0.611. The van der Waals surface area contributed by atoms with Crippen LogP contribution in [-0.4, -0.2) is 38.0 Å². The van der Waals surface area contributed by atoms with Crippen molar-refractivity contribution in [2.45, 2.75) is 64.0 Å². The molecule has 2 aliphatic rings. The lowest BCUT2D eigenvalue weighted by Gasteiger charge is -2.38. The Balaban J connectivity index is 1.51. The van der Waals surface area contributed by atoms with E-state index in [1.807, 2.05) is 24.6 Å². The standard InChI is InChI=1S/C18H25N5O/c1-13-9-14(2)23(22-13)17-12-19-11-16(21-17)20-15-5-8-24-18(10-15)6-3-4-7-18/h9,11-12,15H,3-8,10H2,1-2H3,(H,20,21). The molecule has 1 unspecified atom stereocenters. The summed E-state index contributed by atoms with van der Waals surface area (Å²) in [6, 6.07) is 2.45. The molecule has 2 aromatic heterocycles. The third-order valence-electron chi connectivity index (χ3n) is 5.21. The van der Waals surface area contributed by atoms with E-state index in [1.54, 1.807) is 12.4 Å². The fourth-order valence-electron chi connectivity index (χ4n) is 4.12. The highest BCUT2D eigenvalue weighted by Gasteiger charge is 2.39. The van der Waals surface area contributed by atoms with Crippen molar-refractivity contribution in [3.8, 4) is 5.82 Å². The summed E-state index contributed by atoms with van der Waals surface area (Å²) in [6.07, 6.45) is 10.6. The Kier molecular flexibility index (Phi) is 4.00. The number of nitrogens with one attached hydrogen (secondary N) is 1. The van der Waals surface area contributed by atoms with Gasteiger partial charge < -0.3 is 10.1 Å². The highest BCUT2D eigenvalue weighted by atomic mass is 16.5. The van der Waals surface area contributed by atoms with Gasteiger partial charge in [-0.3, -0.25) is 4.98 Å². The Morgan fingerprint density at radius 3 is 2.83 bits per heavy atom. The maximum atomic E-state index is 6.12. The van der Waals surface area contributed by atoms with Gasteiger partial charge in [0.2, 0.25) is 0 Å². The van der Waals surface area contributed by atoms with Crippen LogP contribution in [0.25, 0.3) is 5.82 Å². The molecule has 2 aromatic rings. The smallest absolute Gasteiger partial charge is 0.174 e. The summed E-state index contributed by atoms with van der Waals surface area (Å²) in [4.78, 5) is 9.06. The molecular formula is C18H25N5O. The summed E-state index contributed by atoms with van der Waals surface area (Å²) < 4.78 is 7.96. The molecule has 1 aliphatic heterocycles. The average molecular weight is 327 g/mol. The molecule has 1 aliphatic carbocycles. The zero-order chi connectivity index (χ0) is 16.6. The highest BCUT2D eigenvalue weighted by molar-refractivity contribution is 5.37. The van der Waals surface area contributed by atoms with Crippen LogP contribution in [0.4, 0.5) is 5.82 Å². The molecular weight excluding hydrogens is 302 g/mol. The molecule has 0 aromatic carbocycles. The van der Waals surface area contributed by atoms with Crippen LogP contribution in [0.1, 0.15) is 49.9 Å². The molecule has 1 N–H and O–H groups in total. The van der Waals surface area contributed by atoms with Gasteiger partial charge in [0.25, 0.3) is 0 Å². The summed E-state index contributed by atoms with van der Waals surface area (Å²) in [5.74, 6) is 1.58. The molecule has 1 atom stereocenters. The minimum Gasteiger partial charge on any atom is -0.375 e. The Labute approximate surface area is 142 Å². The van der Waals surface area contributed by atoms with Gasteiger partial charge in [0, 0.05) is 18.3 Å². The summed E-state index contributed by atoms with van der Waals surface area (Å²) in [5.41, 5.74) is 2.16. The fourth-order valence-corrected chi connectivity index (χ4v) is 4.12. The first kappa shape index (κ1) is 15.6. The number of aromatic nitrogens is 4. The van der Waals surface area contributed by atoms with Crippen LogP contribution in [0, 0.1) is 13.8 Å². The second-order valence-corrected chi connectivity index (χ2v) is 7.17. The molecule has 0 amide bonds. The van der Waals surface area contributed by atoms with E-state index in [2.05, 4.69) is 15.4 Å². The zero-order valence-corrected chi connectivity index (χ0v) is 14.5. The molecule has 6 heteroatoms. The molecule has 2 fully saturated rings. The van der Waals surface area contributed by atoms with Crippen molar-refractivity contribution in [1.82, 2.24) is 19.7 Å². The van der Waals surface area contributed by atoms with E-state index in [1.165, 1.54) is 25.7 Å². The van der Waals surface area contributed by atoms with Gasteiger partial charge >= 0.3 is 0 Å². The lowest BCUT2D eigenvalue weighted by Crippen LogP contribution is -2.42. The molecule has 6 nitrogen and oxygen atoms in total. The lowest BCUT2D eigenvalue weighted by atomic mass is 9.89. The van der Waals surface area contributed by atoms with E-state index < -0.39 is 0 Å². The van der Waals surface area contributed by atoms with E-state index in [0.717, 1.165) is 42.5 Å². The van der Waals surface area contributed by atoms with Crippen molar-refractivity contribution >= 4 is 5.82 Å². The summed E-state index contributed by atoms with van der Waals surface area (Å²) in [6.45, 7) is 4.86. The van der Waals surface area contributed by atoms with E-state index in [4.69, 9.17) is 9.72 Å². The quantitative estimate of drug-likeness (QED) is 0.938. The van der Waals surface area contributed by atoms with Crippen LogP contribution in [-0.2, 0) is 4.74 Å². The Morgan fingerprint density at radius 2 is 2.08 bits per heavy atom. The number of hydrogen-bond acceptors (Lipinski definition) is 5. The van der Waals surface area contributed by atoms with Crippen LogP contribution < -0.4 is 5.32 Å². The van der Waals surface area contributed by atoms with E-state index in [9.17, 15) is 0 Å². The molecule has 3 heterocycles. The molecule has 128 valence electrons. The Hall–Kier alpha value is -1.95. The lowest BCUT2D eigenvalue weighted by molar-refractivity contribution is -0.0767. The second-order valence-electron chi connectivity index (χ2n) is 7.17. The number of nitrogens with zero attached hydrogens (tertiary/aromatic N) is 4. The molecule has 1 saturated heterocycles. The molecule has 1 spiro atoms. The van der Waals surface area contributed by atoms with Crippen molar-refractivity contribution in [2.75, 3.05) is 11.9 Å². The van der Waals surface area contributed by atoms with Crippen LogP contribution in [0.15, 0.2) is 18.5 Å². The zero-order valence-electron chi connectivity index (χ0n) is 14.5. The SMILES string of the molecule is Cc1cc(C)n(-c2cncc(NC3CCOC4(CCCC4)C3)n2)n1. The molecule has 0 radical (unpaired) electrons. The molecule has 1 saturated carbocycles. The predicted octanol–water partition coefficient (Wildman–Crippen LogP) is 3.18. The monoisotopic (exact) mass is 327 g/mol.